The number of carbonyl (C=O) groups excluding carboxylic acids is 3. The number of ether oxygens (including phenoxy) is 2. The van der Waals surface area contributed by atoms with Crippen molar-refractivity contribution in [3.63, 3.8) is 0 Å². The third-order valence-electron chi connectivity index (χ3n) is 5.24. The van der Waals surface area contributed by atoms with Gasteiger partial charge in [-0.3, -0.25) is 9.69 Å². The van der Waals surface area contributed by atoms with Crippen molar-refractivity contribution < 1.29 is 37.0 Å². The third-order valence-corrected chi connectivity index (χ3v) is 5.24. The molecular weight excluding hydrogens is 409 g/mol. The molecule has 30 heavy (non-hydrogen) atoms. The first-order chi connectivity index (χ1) is 14.2. The zero-order chi connectivity index (χ0) is 21.5. The van der Waals surface area contributed by atoms with Gasteiger partial charge in [-0.25, -0.2) is 9.59 Å². The second kappa shape index (κ2) is 7.58. The number of nitrogens with one attached hydrogen (secondary N) is 1. The molecule has 12 heteroatoms. The summed E-state index contributed by atoms with van der Waals surface area (Å²) in [5.41, 5.74) is 0.537. The maximum absolute atomic E-state index is 12.6. The number of halogens is 3. The van der Waals surface area contributed by atoms with Crippen molar-refractivity contribution in [2.45, 2.75) is 25.1 Å². The molecule has 1 aromatic rings. The van der Waals surface area contributed by atoms with Crippen LogP contribution in [-0.4, -0.2) is 77.9 Å². The molecule has 0 unspecified atom stereocenters. The lowest BCUT2D eigenvalue weighted by atomic mass is 10.0. The van der Waals surface area contributed by atoms with Crippen LogP contribution < -0.4 is 14.8 Å². The average Bonchev–Trinajstić information content (AvgIpc) is 3.26. The summed E-state index contributed by atoms with van der Waals surface area (Å²) in [6.07, 6.45) is -3.90. The first kappa shape index (κ1) is 20.1. The summed E-state index contributed by atoms with van der Waals surface area (Å²) >= 11 is 0. The van der Waals surface area contributed by atoms with E-state index in [1.807, 2.05) is 0 Å². The minimum absolute atomic E-state index is 0.123. The summed E-state index contributed by atoms with van der Waals surface area (Å²) in [6.45, 7) is -1.23. The number of hydrogen-bond acceptors (Lipinski definition) is 5. The Hall–Kier alpha value is -3.18. The van der Waals surface area contributed by atoms with Crippen molar-refractivity contribution in [1.29, 1.82) is 0 Å². The number of anilines is 1. The topological polar surface area (TPSA) is 91.4 Å². The number of carbonyl (C=O) groups is 3. The SMILES string of the molecule is O=C(Nc1ccc2c(c1)OCO2)N1CCC(N2CC(=O)N(CC(F)(F)F)C2=O)CC1. The fraction of sp³-hybridized carbons (Fsp3) is 0.500. The summed E-state index contributed by atoms with van der Waals surface area (Å²) in [5.74, 6) is 0.269. The first-order valence-electron chi connectivity index (χ1n) is 9.34. The molecule has 1 aromatic carbocycles. The number of amides is 5. The lowest BCUT2D eigenvalue weighted by Crippen LogP contribution is -2.49. The van der Waals surface area contributed by atoms with Crippen LogP contribution in [0.5, 0.6) is 11.5 Å². The van der Waals surface area contributed by atoms with Crippen LogP contribution in [-0.2, 0) is 4.79 Å². The number of imide groups is 1. The maximum Gasteiger partial charge on any atom is 0.406 e. The number of likely N-dealkylation sites (tertiary alicyclic amines) is 1. The van der Waals surface area contributed by atoms with E-state index < -0.39 is 30.7 Å². The van der Waals surface area contributed by atoms with E-state index in [-0.39, 0.29) is 24.3 Å². The molecular formula is C18H19F3N4O5. The zero-order valence-corrected chi connectivity index (χ0v) is 15.8. The Bertz CT molecular complexity index is 870. The van der Waals surface area contributed by atoms with Crippen LogP contribution in [0, 0.1) is 0 Å². The fourth-order valence-electron chi connectivity index (χ4n) is 3.74. The second-order valence-corrected chi connectivity index (χ2v) is 7.22. The maximum atomic E-state index is 12.6. The molecule has 0 saturated carbocycles. The monoisotopic (exact) mass is 428 g/mol. The predicted molar refractivity (Wildman–Crippen MR) is 96.0 cm³/mol. The molecule has 4 rings (SSSR count). The molecule has 9 nitrogen and oxygen atoms in total. The van der Waals surface area contributed by atoms with Crippen LogP contribution in [0.25, 0.3) is 0 Å². The number of urea groups is 2. The predicted octanol–water partition coefficient (Wildman–Crippen LogP) is 2.24. The van der Waals surface area contributed by atoms with E-state index in [0.717, 1.165) is 0 Å². The fourth-order valence-corrected chi connectivity index (χ4v) is 3.74. The Morgan fingerprint density at radius 3 is 2.53 bits per heavy atom. The van der Waals surface area contributed by atoms with Crippen molar-refractivity contribution >= 4 is 23.7 Å². The van der Waals surface area contributed by atoms with Gasteiger partial charge in [-0.2, -0.15) is 13.2 Å². The molecule has 162 valence electrons. The quantitative estimate of drug-likeness (QED) is 0.746. The zero-order valence-electron chi connectivity index (χ0n) is 15.8. The van der Waals surface area contributed by atoms with Gasteiger partial charge in [0.05, 0.1) is 0 Å². The number of hydrogen-bond donors (Lipinski definition) is 1. The number of alkyl halides is 3. The molecule has 3 heterocycles. The Morgan fingerprint density at radius 2 is 1.83 bits per heavy atom. The molecule has 0 atom stereocenters. The van der Waals surface area contributed by atoms with Gasteiger partial charge < -0.3 is 24.6 Å². The van der Waals surface area contributed by atoms with Crippen LogP contribution in [0.1, 0.15) is 12.8 Å². The summed E-state index contributed by atoms with van der Waals surface area (Å²) in [6, 6.07) is 3.36. The van der Waals surface area contributed by atoms with Gasteiger partial charge in [0.2, 0.25) is 6.79 Å². The molecule has 3 aliphatic heterocycles. The molecule has 0 spiro atoms. The highest BCUT2D eigenvalue weighted by Gasteiger charge is 2.45. The average molecular weight is 428 g/mol. The number of fused-ring (bicyclic) bond motifs is 1. The van der Waals surface area contributed by atoms with Crippen LogP contribution in [0.15, 0.2) is 18.2 Å². The molecule has 2 saturated heterocycles. The third kappa shape index (κ3) is 4.07. The van der Waals surface area contributed by atoms with E-state index in [0.29, 0.717) is 43.1 Å². The molecule has 1 N–H and O–H groups in total. The lowest BCUT2D eigenvalue weighted by Gasteiger charge is -2.36. The van der Waals surface area contributed by atoms with Crippen molar-refractivity contribution in [2.24, 2.45) is 0 Å². The van der Waals surface area contributed by atoms with Gasteiger partial charge in [0, 0.05) is 30.9 Å². The number of benzene rings is 1. The lowest BCUT2D eigenvalue weighted by molar-refractivity contribution is -0.151. The number of nitrogens with zero attached hydrogens (tertiary/aromatic N) is 3. The Morgan fingerprint density at radius 1 is 1.13 bits per heavy atom. The van der Waals surface area contributed by atoms with E-state index in [2.05, 4.69) is 5.32 Å². The minimum atomic E-state index is -4.64. The van der Waals surface area contributed by atoms with Crippen LogP contribution in [0.4, 0.5) is 28.4 Å². The summed E-state index contributed by atoms with van der Waals surface area (Å²) in [7, 11) is 0. The molecule has 0 radical (unpaired) electrons. The van der Waals surface area contributed by atoms with E-state index in [4.69, 9.17) is 9.47 Å². The van der Waals surface area contributed by atoms with Gasteiger partial charge in [-0.15, -0.1) is 0 Å². The van der Waals surface area contributed by atoms with Crippen LogP contribution >= 0.6 is 0 Å². The molecule has 0 aromatic heterocycles. The highest BCUT2D eigenvalue weighted by atomic mass is 19.4. The highest BCUT2D eigenvalue weighted by Crippen LogP contribution is 2.34. The normalized spacial score (nSPS) is 19.6. The van der Waals surface area contributed by atoms with Crippen molar-refractivity contribution in [2.75, 3.05) is 38.3 Å². The largest absolute Gasteiger partial charge is 0.454 e. The van der Waals surface area contributed by atoms with Gasteiger partial charge in [-0.1, -0.05) is 0 Å². The van der Waals surface area contributed by atoms with Crippen LogP contribution in [0.2, 0.25) is 0 Å². The summed E-state index contributed by atoms with van der Waals surface area (Å²) in [5, 5.41) is 2.76. The molecule has 0 bridgehead atoms. The molecule has 0 aliphatic carbocycles. The number of rotatable bonds is 3. The highest BCUT2D eigenvalue weighted by molar-refractivity contribution is 6.02. The Balaban J connectivity index is 1.31. The summed E-state index contributed by atoms with van der Waals surface area (Å²) in [4.78, 5) is 39.6. The Kier molecular flexibility index (Phi) is 5.08. The van der Waals surface area contributed by atoms with Gasteiger partial charge in [0.1, 0.15) is 13.1 Å². The van der Waals surface area contributed by atoms with Crippen LogP contribution in [0.3, 0.4) is 0 Å². The molecule has 3 aliphatic rings. The summed E-state index contributed by atoms with van der Waals surface area (Å²) < 4.78 is 48.2. The molecule has 5 amide bonds. The van der Waals surface area contributed by atoms with Crippen molar-refractivity contribution in [3.05, 3.63) is 18.2 Å². The van der Waals surface area contributed by atoms with Gasteiger partial charge >= 0.3 is 18.2 Å². The van der Waals surface area contributed by atoms with E-state index >= 15 is 0 Å². The Labute approximate surface area is 169 Å². The van der Waals surface area contributed by atoms with Gasteiger partial charge in [-0.05, 0) is 25.0 Å². The second-order valence-electron chi connectivity index (χ2n) is 7.22. The number of piperidine rings is 1. The van der Waals surface area contributed by atoms with Gasteiger partial charge in [0.25, 0.3) is 5.91 Å². The van der Waals surface area contributed by atoms with Crippen molar-refractivity contribution in [1.82, 2.24) is 14.7 Å². The van der Waals surface area contributed by atoms with E-state index in [1.165, 1.54) is 4.90 Å². The standard InChI is InChI=1S/C18H19F3N4O5/c19-18(20,21)9-25-15(26)8-24(17(25)28)12-3-5-23(6-4-12)16(27)22-11-1-2-13-14(7-11)30-10-29-13/h1-2,7,12H,3-6,8-10H2,(H,22,27). The van der Waals surface area contributed by atoms with E-state index in [1.54, 1.807) is 23.1 Å². The molecule has 2 fully saturated rings. The van der Waals surface area contributed by atoms with Gasteiger partial charge in [0.15, 0.2) is 11.5 Å². The smallest absolute Gasteiger partial charge is 0.406 e. The first-order valence-corrected chi connectivity index (χ1v) is 9.34. The minimum Gasteiger partial charge on any atom is -0.454 e. The van der Waals surface area contributed by atoms with Crippen molar-refractivity contribution in [3.8, 4) is 11.5 Å². The van der Waals surface area contributed by atoms with E-state index in [9.17, 15) is 27.6 Å².